The highest BCUT2D eigenvalue weighted by atomic mass is 79.9. The summed E-state index contributed by atoms with van der Waals surface area (Å²) < 4.78 is 18.4. The van der Waals surface area contributed by atoms with Crippen molar-refractivity contribution in [1.29, 1.82) is 0 Å². The van der Waals surface area contributed by atoms with Crippen molar-refractivity contribution < 1.29 is 14.2 Å². The van der Waals surface area contributed by atoms with Gasteiger partial charge in [-0.1, -0.05) is 28.9 Å². The van der Waals surface area contributed by atoms with E-state index in [1.807, 2.05) is 0 Å². The molecule has 1 unspecified atom stereocenters. The quantitative estimate of drug-likeness (QED) is 0.496. The smallest absolute Gasteiger partial charge is 0.172 e. The second kappa shape index (κ2) is 6.48. The predicted molar refractivity (Wildman–Crippen MR) is 121 cm³/mol. The van der Waals surface area contributed by atoms with Crippen molar-refractivity contribution in [2.75, 3.05) is 25.7 Å². The summed E-state index contributed by atoms with van der Waals surface area (Å²) in [6.45, 7) is 6.41. The molecular weight excluding hydrogens is 440 g/mol. The Morgan fingerprint density at radius 3 is 2.63 bits per heavy atom. The van der Waals surface area contributed by atoms with Crippen molar-refractivity contribution in [3.05, 3.63) is 29.3 Å². The number of ether oxygens (including phenoxy) is 3. The molecule has 3 saturated carbocycles. The summed E-state index contributed by atoms with van der Waals surface area (Å²) in [5.41, 5.74) is 3.99. The number of hydrogen-bond acceptors (Lipinski definition) is 3. The van der Waals surface area contributed by atoms with Crippen LogP contribution in [-0.2, 0) is 15.9 Å². The molecule has 1 heterocycles. The number of methoxy groups -OCH3 is 1. The molecule has 4 fully saturated rings. The topological polar surface area (TPSA) is 27.7 Å². The van der Waals surface area contributed by atoms with E-state index in [2.05, 4.69) is 48.0 Å². The molecule has 0 amide bonds. The van der Waals surface area contributed by atoms with Crippen LogP contribution in [0.2, 0.25) is 0 Å². The molecule has 6 atom stereocenters. The summed E-state index contributed by atoms with van der Waals surface area (Å²) in [5, 5.41) is 1.07. The molecule has 6 rings (SSSR count). The maximum Gasteiger partial charge on any atom is 0.172 e. The Balaban J connectivity index is 1.45. The molecule has 1 aromatic carbocycles. The van der Waals surface area contributed by atoms with E-state index in [0.717, 1.165) is 30.2 Å². The number of aryl methyl sites for hydroxylation is 1. The normalized spacial score (nSPS) is 45.7. The lowest BCUT2D eigenvalue weighted by atomic mass is 9.46. The van der Waals surface area contributed by atoms with Gasteiger partial charge in [0.15, 0.2) is 5.79 Å². The summed E-state index contributed by atoms with van der Waals surface area (Å²) in [6.07, 6.45) is 9.06. The van der Waals surface area contributed by atoms with Crippen molar-refractivity contribution in [1.82, 2.24) is 0 Å². The average molecular weight is 475 g/mol. The SMILES string of the molecule is COc1ccc2c(c1)CC[C@@H]1[C@@H]2CC[C@@]2(C)C13CC[C@]2(C1(C)OCCO1)[C@H](CBr)C3. The third-order valence-corrected chi connectivity index (χ3v) is 11.6. The fourth-order valence-corrected chi connectivity index (χ4v) is 10.5. The molecule has 4 aliphatic carbocycles. The van der Waals surface area contributed by atoms with Crippen molar-refractivity contribution in [3.63, 3.8) is 0 Å². The van der Waals surface area contributed by atoms with Gasteiger partial charge in [-0.05, 0) is 104 Å². The molecule has 5 aliphatic rings. The van der Waals surface area contributed by atoms with Crippen molar-refractivity contribution in [2.24, 2.45) is 28.1 Å². The fraction of sp³-hybridized carbons (Fsp3) is 0.769. The van der Waals surface area contributed by atoms with Gasteiger partial charge in [-0.3, -0.25) is 0 Å². The zero-order valence-electron chi connectivity index (χ0n) is 18.6. The van der Waals surface area contributed by atoms with E-state index in [1.54, 1.807) is 12.7 Å². The largest absolute Gasteiger partial charge is 0.497 e. The third-order valence-electron chi connectivity index (χ3n) is 10.8. The summed E-state index contributed by atoms with van der Waals surface area (Å²) in [7, 11) is 1.78. The Morgan fingerprint density at radius 1 is 1.10 bits per heavy atom. The second-order valence-corrected chi connectivity index (χ2v) is 11.7. The van der Waals surface area contributed by atoms with Gasteiger partial charge in [0.2, 0.25) is 0 Å². The number of halogens is 1. The van der Waals surface area contributed by atoms with Crippen LogP contribution in [-0.4, -0.2) is 31.4 Å². The first-order valence-electron chi connectivity index (χ1n) is 12.0. The molecule has 30 heavy (non-hydrogen) atoms. The van der Waals surface area contributed by atoms with E-state index >= 15 is 0 Å². The fourth-order valence-electron chi connectivity index (χ4n) is 9.77. The maximum absolute atomic E-state index is 6.45. The summed E-state index contributed by atoms with van der Waals surface area (Å²) in [6, 6.07) is 6.86. The molecular formula is C26H35BrO3. The average Bonchev–Trinajstić information content (AvgIpc) is 3.40. The van der Waals surface area contributed by atoms with E-state index in [-0.39, 0.29) is 5.41 Å². The van der Waals surface area contributed by atoms with Gasteiger partial charge >= 0.3 is 0 Å². The lowest BCUT2D eigenvalue weighted by Crippen LogP contribution is -2.58. The molecule has 0 spiro atoms. The van der Waals surface area contributed by atoms with Crippen LogP contribution >= 0.6 is 15.9 Å². The Bertz CT molecular complexity index is 864. The van der Waals surface area contributed by atoms with Gasteiger partial charge in [0.25, 0.3) is 0 Å². The number of hydrogen-bond donors (Lipinski definition) is 0. The molecule has 3 nitrogen and oxygen atoms in total. The minimum Gasteiger partial charge on any atom is -0.497 e. The summed E-state index contributed by atoms with van der Waals surface area (Å²) >= 11 is 3.94. The van der Waals surface area contributed by atoms with Gasteiger partial charge in [0.05, 0.1) is 20.3 Å². The van der Waals surface area contributed by atoms with E-state index in [0.29, 0.717) is 22.7 Å². The Labute approximate surface area is 189 Å². The van der Waals surface area contributed by atoms with Crippen molar-refractivity contribution in [3.8, 4) is 5.75 Å². The first-order chi connectivity index (χ1) is 14.4. The van der Waals surface area contributed by atoms with Crippen molar-refractivity contribution >= 4 is 15.9 Å². The predicted octanol–water partition coefficient (Wildman–Crippen LogP) is 6.09. The highest BCUT2D eigenvalue weighted by Crippen LogP contribution is 2.85. The van der Waals surface area contributed by atoms with E-state index in [1.165, 1.54) is 50.5 Å². The molecule has 1 saturated heterocycles. The van der Waals surface area contributed by atoms with Gasteiger partial charge in [-0.2, -0.15) is 0 Å². The third kappa shape index (κ3) is 2.10. The minimum absolute atomic E-state index is 0.130. The van der Waals surface area contributed by atoms with Crippen LogP contribution in [0.5, 0.6) is 5.75 Å². The lowest BCUT2D eigenvalue weighted by molar-refractivity contribution is -0.268. The number of fused-ring (bicyclic) bond motifs is 3. The molecule has 1 aliphatic heterocycles. The van der Waals surface area contributed by atoms with Crippen LogP contribution in [0.4, 0.5) is 0 Å². The highest BCUT2D eigenvalue weighted by molar-refractivity contribution is 9.09. The van der Waals surface area contributed by atoms with Crippen LogP contribution in [0.25, 0.3) is 0 Å². The number of benzene rings is 1. The number of alkyl halides is 1. The molecule has 0 N–H and O–H groups in total. The first-order valence-corrected chi connectivity index (χ1v) is 13.1. The molecule has 2 bridgehead atoms. The lowest BCUT2D eigenvalue weighted by Gasteiger charge is -2.59. The molecule has 164 valence electrons. The molecule has 1 aromatic rings. The summed E-state index contributed by atoms with van der Waals surface area (Å²) in [4.78, 5) is 0. The Hall–Kier alpha value is -0.580. The standard InChI is InChI=1S/C26H35BrO3/c1-23-9-8-21-20-6-5-19(28-3)14-17(20)4-7-22(21)25(23)10-11-26(23,18(15-25)16-27)24(2)29-12-13-30-24/h5-6,14,18,21-22H,4,7-13,15-16H2,1-3H3/t18-,21+,22+,23-,25?,26-/m0/s1. The second-order valence-electron chi connectivity index (χ2n) is 11.0. The van der Waals surface area contributed by atoms with Gasteiger partial charge in [-0.25, -0.2) is 0 Å². The Kier molecular flexibility index (Phi) is 4.33. The summed E-state index contributed by atoms with van der Waals surface area (Å²) in [5.74, 6) is 2.71. The van der Waals surface area contributed by atoms with E-state index in [4.69, 9.17) is 14.2 Å². The number of rotatable bonds is 3. The van der Waals surface area contributed by atoms with Gasteiger partial charge < -0.3 is 14.2 Å². The zero-order chi connectivity index (χ0) is 20.8. The molecule has 4 heteroatoms. The monoisotopic (exact) mass is 474 g/mol. The van der Waals surface area contributed by atoms with Gasteiger partial charge in [-0.15, -0.1) is 0 Å². The van der Waals surface area contributed by atoms with Crippen LogP contribution in [0.15, 0.2) is 18.2 Å². The van der Waals surface area contributed by atoms with Gasteiger partial charge in [0, 0.05) is 10.7 Å². The maximum atomic E-state index is 6.45. The molecule has 0 radical (unpaired) electrons. The first kappa shape index (κ1) is 20.1. The van der Waals surface area contributed by atoms with Gasteiger partial charge in [0.1, 0.15) is 5.75 Å². The minimum atomic E-state index is -0.425. The molecule has 0 aromatic heterocycles. The van der Waals surface area contributed by atoms with E-state index in [9.17, 15) is 0 Å². The van der Waals surface area contributed by atoms with E-state index < -0.39 is 5.79 Å². The Morgan fingerprint density at radius 2 is 1.90 bits per heavy atom. The van der Waals surface area contributed by atoms with Crippen LogP contribution in [0.1, 0.15) is 69.4 Å². The van der Waals surface area contributed by atoms with Crippen molar-refractivity contribution in [2.45, 2.75) is 70.5 Å². The van der Waals surface area contributed by atoms with Crippen LogP contribution in [0.3, 0.4) is 0 Å². The van der Waals surface area contributed by atoms with Crippen LogP contribution in [0, 0.1) is 28.1 Å². The highest BCUT2D eigenvalue weighted by Gasteiger charge is 2.81. The van der Waals surface area contributed by atoms with Crippen LogP contribution < -0.4 is 4.74 Å². The zero-order valence-corrected chi connectivity index (χ0v) is 20.2.